The monoisotopic (exact) mass is 397 g/mol. The minimum Gasteiger partial charge on any atom is -0.494 e. The Hall–Kier alpha value is -2.44. The Morgan fingerprint density at radius 3 is 2.69 bits per heavy atom. The number of fused-ring (bicyclic) bond motifs is 1. The molecule has 2 heterocycles. The summed E-state index contributed by atoms with van der Waals surface area (Å²) in [5.41, 5.74) is 6.82. The summed E-state index contributed by atoms with van der Waals surface area (Å²) < 4.78 is 19.5. The van der Waals surface area contributed by atoms with Crippen LogP contribution in [0.4, 0.5) is 4.39 Å². The number of nitrogens with two attached hydrogens (primary N) is 1. The maximum atomic E-state index is 13.7. The summed E-state index contributed by atoms with van der Waals surface area (Å²) in [7, 11) is 2.15. The van der Waals surface area contributed by atoms with Crippen LogP contribution in [0.5, 0.6) is 5.75 Å². The lowest BCUT2D eigenvalue weighted by molar-refractivity contribution is 0.1000. The Morgan fingerprint density at radius 1 is 1.17 bits per heavy atom. The third kappa shape index (κ3) is 4.43. The lowest BCUT2D eigenvalue weighted by atomic mass is 9.89. The largest absolute Gasteiger partial charge is 0.494 e. The van der Waals surface area contributed by atoms with Crippen LogP contribution < -0.4 is 10.5 Å². The zero-order chi connectivity index (χ0) is 20.4. The molecule has 2 saturated heterocycles. The molecule has 29 heavy (non-hydrogen) atoms. The van der Waals surface area contributed by atoms with E-state index in [9.17, 15) is 9.18 Å². The molecule has 6 heteroatoms. The van der Waals surface area contributed by atoms with E-state index in [-0.39, 0.29) is 5.82 Å². The Balaban J connectivity index is 1.26. The van der Waals surface area contributed by atoms with Gasteiger partial charge in [0.15, 0.2) is 0 Å². The van der Waals surface area contributed by atoms with E-state index in [1.165, 1.54) is 6.07 Å². The van der Waals surface area contributed by atoms with Gasteiger partial charge in [0.05, 0.1) is 6.61 Å². The summed E-state index contributed by atoms with van der Waals surface area (Å²) in [5.74, 6) is 1.34. The topological polar surface area (TPSA) is 58.8 Å². The first-order valence-electron chi connectivity index (χ1n) is 10.2. The average molecular weight is 397 g/mol. The molecule has 5 nitrogen and oxygen atoms in total. The number of halogens is 1. The van der Waals surface area contributed by atoms with Crippen molar-refractivity contribution < 1.29 is 13.9 Å². The number of amides is 1. The smallest absolute Gasteiger partial charge is 0.248 e. The van der Waals surface area contributed by atoms with Crippen molar-refractivity contribution in [2.24, 2.45) is 17.6 Å². The minimum absolute atomic E-state index is 0.157. The number of hydrogen-bond acceptors (Lipinski definition) is 4. The number of benzene rings is 2. The highest BCUT2D eigenvalue weighted by molar-refractivity contribution is 5.92. The average Bonchev–Trinajstić information content (AvgIpc) is 3.21. The molecule has 0 aliphatic carbocycles. The van der Waals surface area contributed by atoms with Gasteiger partial charge in [-0.3, -0.25) is 9.69 Å². The molecule has 1 amide bonds. The van der Waals surface area contributed by atoms with Crippen molar-refractivity contribution in [1.29, 1.82) is 0 Å². The van der Waals surface area contributed by atoms with Crippen LogP contribution in [0.3, 0.4) is 0 Å². The summed E-state index contributed by atoms with van der Waals surface area (Å²) >= 11 is 0. The van der Waals surface area contributed by atoms with Crippen LogP contribution in [0, 0.1) is 17.7 Å². The van der Waals surface area contributed by atoms with Gasteiger partial charge < -0.3 is 15.4 Å². The molecule has 2 aromatic rings. The van der Waals surface area contributed by atoms with Crippen LogP contribution in [-0.4, -0.2) is 55.5 Å². The normalized spacial score (nSPS) is 24.6. The summed E-state index contributed by atoms with van der Waals surface area (Å²) in [6.45, 7) is 4.82. The van der Waals surface area contributed by atoms with Crippen LogP contribution in [0.25, 0.3) is 0 Å². The second-order valence-corrected chi connectivity index (χ2v) is 8.21. The number of rotatable bonds is 7. The second kappa shape index (κ2) is 8.51. The van der Waals surface area contributed by atoms with Crippen molar-refractivity contribution in [3.05, 3.63) is 65.5 Å². The summed E-state index contributed by atoms with van der Waals surface area (Å²) in [6.07, 6.45) is 0.942. The van der Waals surface area contributed by atoms with Gasteiger partial charge in [-0.1, -0.05) is 12.1 Å². The molecular weight excluding hydrogens is 369 g/mol. The molecule has 2 N–H and O–H groups in total. The Morgan fingerprint density at radius 2 is 1.97 bits per heavy atom. The maximum Gasteiger partial charge on any atom is 0.248 e. The number of carbonyl (C=O) groups excluding carboxylic acids is 1. The first kappa shape index (κ1) is 19.9. The number of likely N-dealkylation sites (tertiary alicyclic amines) is 2. The molecular formula is C23H28FN3O2. The number of primary amides is 1. The maximum absolute atomic E-state index is 13.7. The molecule has 2 aromatic carbocycles. The molecule has 2 aliphatic rings. The van der Waals surface area contributed by atoms with Gasteiger partial charge in [0.2, 0.25) is 5.91 Å². The van der Waals surface area contributed by atoms with Gasteiger partial charge in [-0.05, 0) is 67.3 Å². The zero-order valence-corrected chi connectivity index (χ0v) is 16.8. The van der Waals surface area contributed by atoms with Crippen LogP contribution in [0.1, 0.15) is 28.4 Å². The van der Waals surface area contributed by atoms with Gasteiger partial charge in [-0.15, -0.1) is 0 Å². The fourth-order valence-electron chi connectivity index (χ4n) is 4.92. The van der Waals surface area contributed by atoms with E-state index in [2.05, 4.69) is 16.8 Å². The fourth-order valence-corrected chi connectivity index (χ4v) is 4.92. The molecule has 0 unspecified atom stereocenters. The number of carbonyl (C=O) groups is 1. The first-order valence-corrected chi connectivity index (χ1v) is 10.2. The first-order chi connectivity index (χ1) is 14.0. The Bertz CT molecular complexity index is 857. The van der Waals surface area contributed by atoms with Crippen molar-refractivity contribution >= 4 is 5.91 Å². The van der Waals surface area contributed by atoms with E-state index in [1.54, 1.807) is 30.3 Å². The molecule has 3 atom stereocenters. The van der Waals surface area contributed by atoms with Crippen LogP contribution in [-0.2, 0) is 0 Å². The predicted octanol–water partition coefficient (Wildman–Crippen LogP) is 2.93. The standard InChI is InChI=1S/C23H28FN3O2/c1-26-13-18-14-27(15-21(18)22(26)17-4-2-5-19(24)12-17)10-3-11-29-20-8-6-16(7-9-20)23(25)28/h2,4-9,12,18,21-22H,3,10-11,13-15H2,1H3,(H2,25,28)/t18-,21+,22-/m0/s1. The molecule has 2 fully saturated rings. The van der Waals surface area contributed by atoms with E-state index < -0.39 is 5.91 Å². The summed E-state index contributed by atoms with van der Waals surface area (Å²) in [5, 5.41) is 0. The molecule has 0 bridgehead atoms. The van der Waals surface area contributed by atoms with E-state index in [0.29, 0.717) is 30.0 Å². The van der Waals surface area contributed by atoms with Gasteiger partial charge in [0.1, 0.15) is 11.6 Å². The Kier molecular flexibility index (Phi) is 5.83. The third-order valence-corrected chi connectivity index (χ3v) is 6.19. The van der Waals surface area contributed by atoms with Gasteiger partial charge in [0.25, 0.3) is 0 Å². The lowest BCUT2D eigenvalue weighted by Crippen LogP contribution is -2.30. The van der Waals surface area contributed by atoms with Crippen LogP contribution in [0.15, 0.2) is 48.5 Å². The summed E-state index contributed by atoms with van der Waals surface area (Å²) in [6, 6.07) is 14.3. The summed E-state index contributed by atoms with van der Waals surface area (Å²) in [4.78, 5) is 16.0. The highest BCUT2D eigenvalue weighted by Crippen LogP contribution is 2.44. The lowest BCUT2D eigenvalue weighted by Gasteiger charge is -2.27. The van der Waals surface area contributed by atoms with Gasteiger partial charge in [-0.2, -0.15) is 0 Å². The highest BCUT2D eigenvalue weighted by atomic mass is 19.1. The SMILES string of the molecule is CN1C[C@H]2CN(CCCOc3ccc(C(N)=O)cc3)C[C@H]2[C@@H]1c1cccc(F)c1. The van der Waals surface area contributed by atoms with Gasteiger partial charge in [-0.25, -0.2) is 4.39 Å². The number of hydrogen-bond donors (Lipinski definition) is 1. The molecule has 0 aromatic heterocycles. The van der Waals surface area contributed by atoms with Crippen molar-refractivity contribution in [3.8, 4) is 5.75 Å². The van der Waals surface area contributed by atoms with E-state index in [0.717, 1.165) is 43.9 Å². The quantitative estimate of drug-likeness (QED) is 0.730. The van der Waals surface area contributed by atoms with E-state index in [1.807, 2.05) is 12.1 Å². The highest BCUT2D eigenvalue weighted by Gasteiger charge is 2.45. The van der Waals surface area contributed by atoms with Gasteiger partial charge >= 0.3 is 0 Å². The van der Waals surface area contributed by atoms with Gasteiger partial charge in [0, 0.05) is 37.8 Å². The third-order valence-electron chi connectivity index (χ3n) is 6.19. The minimum atomic E-state index is -0.432. The Labute approximate surface area is 171 Å². The van der Waals surface area contributed by atoms with Crippen molar-refractivity contribution in [2.75, 3.05) is 39.8 Å². The van der Waals surface area contributed by atoms with E-state index in [4.69, 9.17) is 10.5 Å². The van der Waals surface area contributed by atoms with E-state index >= 15 is 0 Å². The molecule has 0 spiro atoms. The second-order valence-electron chi connectivity index (χ2n) is 8.21. The molecule has 0 saturated carbocycles. The zero-order valence-electron chi connectivity index (χ0n) is 16.8. The van der Waals surface area contributed by atoms with Crippen molar-refractivity contribution in [3.63, 3.8) is 0 Å². The molecule has 4 rings (SSSR count). The number of nitrogens with zero attached hydrogens (tertiary/aromatic N) is 2. The van der Waals surface area contributed by atoms with Crippen molar-refractivity contribution in [2.45, 2.75) is 12.5 Å². The molecule has 0 radical (unpaired) electrons. The van der Waals surface area contributed by atoms with Crippen LogP contribution >= 0.6 is 0 Å². The molecule has 154 valence electrons. The van der Waals surface area contributed by atoms with Crippen molar-refractivity contribution in [1.82, 2.24) is 9.80 Å². The fraction of sp³-hybridized carbons (Fsp3) is 0.435. The number of ether oxygens (including phenoxy) is 1. The predicted molar refractivity (Wildman–Crippen MR) is 110 cm³/mol. The molecule has 2 aliphatic heterocycles. The van der Waals surface area contributed by atoms with Crippen LogP contribution in [0.2, 0.25) is 0 Å².